The lowest BCUT2D eigenvalue weighted by molar-refractivity contribution is 0.468. The SMILES string of the molecule is NN(c1ccccc1)C(c1ccccc1)c1ccc2cccnc2c1O. The molecule has 0 radical (unpaired) electrons. The molecule has 26 heavy (non-hydrogen) atoms. The van der Waals surface area contributed by atoms with Crippen molar-refractivity contribution in [3.05, 3.63) is 102 Å². The Labute approximate surface area is 152 Å². The Hall–Kier alpha value is -3.37. The van der Waals surface area contributed by atoms with Gasteiger partial charge in [0.25, 0.3) is 0 Å². The van der Waals surface area contributed by atoms with Gasteiger partial charge >= 0.3 is 0 Å². The maximum Gasteiger partial charge on any atom is 0.147 e. The molecule has 0 aliphatic heterocycles. The molecule has 0 saturated carbocycles. The molecule has 0 saturated heterocycles. The Morgan fingerprint density at radius 2 is 1.50 bits per heavy atom. The van der Waals surface area contributed by atoms with Crippen LogP contribution in [0.15, 0.2) is 91.1 Å². The van der Waals surface area contributed by atoms with E-state index < -0.39 is 0 Å². The Kier molecular flexibility index (Phi) is 4.25. The smallest absolute Gasteiger partial charge is 0.147 e. The van der Waals surface area contributed by atoms with Gasteiger partial charge in [-0.15, -0.1) is 0 Å². The number of phenolic OH excluding ortho intramolecular Hbond substituents is 1. The number of pyridine rings is 1. The molecule has 0 fully saturated rings. The Balaban J connectivity index is 1.90. The number of aromatic nitrogens is 1. The van der Waals surface area contributed by atoms with Crippen LogP contribution >= 0.6 is 0 Å². The second-order valence-electron chi connectivity index (χ2n) is 6.13. The molecule has 0 spiro atoms. The molecule has 1 atom stereocenters. The number of fused-ring (bicyclic) bond motifs is 1. The van der Waals surface area contributed by atoms with Gasteiger partial charge in [0.2, 0.25) is 0 Å². The van der Waals surface area contributed by atoms with Crippen LogP contribution in [-0.4, -0.2) is 10.1 Å². The van der Waals surface area contributed by atoms with Crippen LogP contribution in [0.1, 0.15) is 17.2 Å². The molecule has 0 aliphatic carbocycles. The lowest BCUT2D eigenvalue weighted by Gasteiger charge is -2.30. The van der Waals surface area contributed by atoms with Crippen molar-refractivity contribution in [2.24, 2.45) is 5.84 Å². The zero-order valence-electron chi connectivity index (χ0n) is 14.2. The van der Waals surface area contributed by atoms with Crippen molar-refractivity contribution in [2.75, 3.05) is 5.01 Å². The van der Waals surface area contributed by atoms with Crippen molar-refractivity contribution in [1.82, 2.24) is 4.98 Å². The summed E-state index contributed by atoms with van der Waals surface area (Å²) in [5.74, 6) is 6.67. The predicted octanol–water partition coefficient (Wildman–Crippen LogP) is 4.41. The molecule has 1 heterocycles. The van der Waals surface area contributed by atoms with E-state index in [2.05, 4.69) is 4.98 Å². The van der Waals surface area contributed by atoms with Gasteiger partial charge in [0.15, 0.2) is 0 Å². The molecule has 0 aliphatic rings. The number of aromatic hydroxyl groups is 1. The minimum Gasteiger partial charge on any atom is -0.505 e. The van der Waals surface area contributed by atoms with Gasteiger partial charge in [-0.1, -0.05) is 66.7 Å². The molecular weight excluding hydrogens is 322 g/mol. The van der Waals surface area contributed by atoms with Crippen molar-refractivity contribution >= 4 is 16.6 Å². The summed E-state index contributed by atoms with van der Waals surface area (Å²) >= 11 is 0. The average Bonchev–Trinajstić information content (AvgIpc) is 2.71. The largest absolute Gasteiger partial charge is 0.505 e. The molecule has 0 bridgehead atoms. The summed E-state index contributed by atoms with van der Waals surface area (Å²) in [5, 5.41) is 13.5. The van der Waals surface area contributed by atoms with Crippen LogP contribution in [0.5, 0.6) is 5.75 Å². The summed E-state index contributed by atoms with van der Waals surface area (Å²) in [6.07, 6.45) is 1.68. The zero-order valence-corrected chi connectivity index (χ0v) is 14.2. The minimum absolute atomic E-state index is 0.156. The maximum absolute atomic E-state index is 10.9. The normalized spacial score (nSPS) is 12.0. The third-order valence-electron chi connectivity index (χ3n) is 4.52. The molecule has 4 aromatic rings. The highest BCUT2D eigenvalue weighted by molar-refractivity contribution is 5.86. The van der Waals surface area contributed by atoms with E-state index in [1.54, 1.807) is 11.2 Å². The first kappa shape index (κ1) is 16.1. The minimum atomic E-state index is -0.343. The van der Waals surface area contributed by atoms with E-state index in [1.807, 2.05) is 84.9 Å². The van der Waals surface area contributed by atoms with Gasteiger partial charge in [0.05, 0.1) is 11.7 Å². The Morgan fingerprint density at radius 1 is 0.808 bits per heavy atom. The standard InChI is InChI=1S/C22H19N3O/c23-25(18-11-5-2-6-12-18)21(17-8-3-1-4-9-17)19-14-13-16-10-7-15-24-20(16)22(19)26/h1-15,21,26H,23H2. The third kappa shape index (κ3) is 2.87. The van der Waals surface area contributed by atoms with Crippen molar-refractivity contribution in [2.45, 2.75) is 6.04 Å². The van der Waals surface area contributed by atoms with Crippen LogP contribution in [0.2, 0.25) is 0 Å². The topological polar surface area (TPSA) is 62.4 Å². The molecule has 4 heteroatoms. The summed E-state index contributed by atoms with van der Waals surface area (Å²) in [4.78, 5) is 4.34. The highest BCUT2D eigenvalue weighted by Gasteiger charge is 2.24. The van der Waals surface area contributed by atoms with Crippen LogP contribution in [0.4, 0.5) is 5.69 Å². The molecule has 4 nitrogen and oxygen atoms in total. The molecule has 1 aromatic heterocycles. The van der Waals surface area contributed by atoms with Gasteiger partial charge < -0.3 is 5.11 Å². The van der Waals surface area contributed by atoms with E-state index in [4.69, 9.17) is 5.84 Å². The fraction of sp³-hybridized carbons (Fsp3) is 0.0455. The quantitative estimate of drug-likeness (QED) is 0.426. The number of rotatable bonds is 4. The first-order chi connectivity index (χ1) is 12.8. The highest BCUT2D eigenvalue weighted by atomic mass is 16.3. The average molecular weight is 341 g/mol. The Morgan fingerprint density at radius 3 is 2.23 bits per heavy atom. The number of hydrogen-bond donors (Lipinski definition) is 2. The van der Waals surface area contributed by atoms with Gasteiger partial charge in [0, 0.05) is 17.1 Å². The van der Waals surface area contributed by atoms with Gasteiger partial charge in [-0.05, 0) is 23.8 Å². The van der Waals surface area contributed by atoms with Gasteiger partial charge in [0.1, 0.15) is 11.3 Å². The number of benzene rings is 3. The van der Waals surface area contributed by atoms with Crippen molar-refractivity contribution in [1.29, 1.82) is 0 Å². The molecular formula is C22H19N3O. The monoisotopic (exact) mass is 341 g/mol. The number of nitrogens with zero attached hydrogens (tertiary/aromatic N) is 2. The number of phenols is 1. The van der Waals surface area contributed by atoms with Gasteiger partial charge in [-0.3, -0.25) is 9.99 Å². The first-order valence-corrected chi connectivity index (χ1v) is 8.46. The zero-order chi connectivity index (χ0) is 17.9. The van der Waals surface area contributed by atoms with Crippen LogP contribution in [0.3, 0.4) is 0 Å². The summed E-state index contributed by atoms with van der Waals surface area (Å²) < 4.78 is 0. The molecule has 0 amide bonds. The summed E-state index contributed by atoms with van der Waals surface area (Å²) in [6.45, 7) is 0. The third-order valence-corrected chi connectivity index (χ3v) is 4.52. The van der Waals surface area contributed by atoms with Crippen LogP contribution < -0.4 is 10.9 Å². The number of para-hydroxylation sites is 1. The number of anilines is 1. The lowest BCUT2D eigenvalue weighted by Crippen LogP contribution is -2.36. The second kappa shape index (κ2) is 6.86. The summed E-state index contributed by atoms with van der Waals surface area (Å²) in [6, 6.07) is 27.0. The Bertz CT molecular complexity index is 1020. The fourth-order valence-electron chi connectivity index (χ4n) is 3.24. The van der Waals surface area contributed by atoms with Crippen molar-refractivity contribution in [3.63, 3.8) is 0 Å². The summed E-state index contributed by atoms with van der Waals surface area (Å²) in [7, 11) is 0. The van der Waals surface area contributed by atoms with Gasteiger partial charge in [-0.25, -0.2) is 5.84 Å². The second-order valence-corrected chi connectivity index (χ2v) is 6.13. The lowest BCUT2D eigenvalue weighted by atomic mass is 9.95. The maximum atomic E-state index is 10.9. The number of hydrazine groups is 1. The highest BCUT2D eigenvalue weighted by Crippen LogP contribution is 2.38. The molecule has 1 unspecified atom stereocenters. The predicted molar refractivity (Wildman–Crippen MR) is 105 cm³/mol. The van der Waals surface area contributed by atoms with E-state index in [0.717, 1.165) is 16.6 Å². The number of hydrogen-bond acceptors (Lipinski definition) is 4. The number of nitrogens with two attached hydrogens (primary N) is 1. The van der Waals surface area contributed by atoms with E-state index in [-0.39, 0.29) is 11.8 Å². The van der Waals surface area contributed by atoms with E-state index >= 15 is 0 Å². The molecule has 3 N–H and O–H groups in total. The van der Waals surface area contributed by atoms with Crippen LogP contribution in [0, 0.1) is 0 Å². The van der Waals surface area contributed by atoms with Crippen LogP contribution in [0.25, 0.3) is 10.9 Å². The van der Waals surface area contributed by atoms with Crippen molar-refractivity contribution in [3.8, 4) is 5.75 Å². The van der Waals surface area contributed by atoms with E-state index in [0.29, 0.717) is 11.1 Å². The van der Waals surface area contributed by atoms with E-state index in [1.165, 1.54) is 0 Å². The first-order valence-electron chi connectivity index (χ1n) is 8.46. The van der Waals surface area contributed by atoms with Gasteiger partial charge in [-0.2, -0.15) is 0 Å². The summed E-state index contributed by atoms with van der Waals surface area (Å²) in [5.41, 5.74) is 3.15. The van der Waals surface area contributed by atoms with Crippen LogP contribution in [-0.2, 0) is 0 Å². The molecule has 3 aromatic carbocycles. The fourth-order valence-corrected chi connectivity index (χ4v) is 3.24. The molecule has 4 rings (SSSR count). The van der Waals surface area contributed by atoms with Crippen molar-refractivity contribution < 1.29 is 5.11 Å². The molecule has 128 valence electrons. The van der Waals surface area contributed by atoms with E-state index in [9.17, 15) is 5.11 Å².